The number of nitro groups is 1. The Balaban J connectivity index is 2.23. The minimum atomic E-state index is -0.473. The maximum absolute atomic E-state index is 11.1. The molecule has 8 nitrogen and oxygen atoms in total. The van der Waals surface area contributed by atoms with Crippen LogP contribution >= 0.6 is 0 Å². The van der Waals surface area contributed by atoms with Gasteiger partial charge in [-0.15, -0.1) is 0 Å². The van der Waals surface area contributed by atoms with Gasteiger partial charge in [0.2, 0.25) is 11.8 Å². The molecule has 1 unspecified atom stereocenters. The van der Waals surface area contributed by atoms with Gasteiger partial charge in [0.05, 0.1) is 17.1 Å². The zero-order valence-corrected chi connectivity index (χ0v) is 12.4. The topological polar surface area (TPSA) is 102 Å². The average molecular weight is 295 g/mol. The Hall–Kier alpha value is -1.96. The molecule has 1 aromatic heterocycles. The predicted octanol–water partition coefficient (Wildman–Crippen LogP) is 2.19. The highest BCUT2D eigenvalue weighted by atomic mass is 16.6. The molecule has 0 amide bonds. The highest BCUT2D eigenvalue weighted by Gasteiger charge is 2.31. The van der Waals surface area contributed by atoms with Crippen LogP contribution in [0.4, 0.5) is 17.5 Å². The molecule has 8 heteroatoms. The molecule has 0 aromatic carbocycles. The summed E-state index contributed by atoms with van der Waals surface area (Å²) in [5.41, 5.74) is -0.469. The summed E-state index contributed by atoms with van der Waals surface area (Å²) in [6, 6.07) is 0. The zero-order chi connectivity index (χ0) is 15.3. The maximum atomic E-state index is 11.1. The van der Waals surface area contributed by atoms with Crippen molar-refractivity contribution in [2.75, 3.05) is 30.4 Å². The largest absolute Gasteiger partial charge is 0.379 e. The number of hydrogen-bond donors (Lipinski definition) is 2. The summed E-state index contributed by atoms with van der Waals surface area (Å²) in [6.07, 6.45) is 3.96. The van der Waals surface area contributed by atoms with Gasteiger partial charge >= 0.3 is 5.69 Å². The van der Waals surface area contributed by atoms with Gasteiger partial charge in [-0.3, -0.25) is 10.1 Å². The average Bonchev–Trinajstić information content (AvgIpc) is 2.45. The fourth-order valence-corrected chi connectivity index (χ4v) is 2.24. The fraction of sp³-hybridized carbons (Fsp3) is 0.692. The summed E-state index contributed by atoms with van der Waals surface area (Å²) in [7, 11) is 0. The van der Waals surface area contributed by atoms with E-state index in [0.29, 0.717) is 12.6 Å². The van der Waals surface area contributed by atoms with E-state index < -0.39 is 4.92 Å². The van der Waals surface area contributed by atoms with Crippen LogP contribution in [0.3, 0.4) is 0 Å². The normalized spacial score (nSPS) is 21.8. The van der Waals surface area contributed by atoms with Crippen molar-refractivity contribution in [2.45, 2.75) is 38.6 Å². The number of nitrogens with one attached hydrogen (secondary N) is 2. The van der Waals surface area contributed by atoms with Crippen LogP contribution < -0.4 is 10.6 Å². The third-order valence-electron chi connectivity index (χ3n) is 3.36. The number of aromatic nitrogens is 2. The van der Waals surface area contributed by atoms with Crippen LogP contribution in [-0.2, 0) is 4.74 Å². The van der Waals surface area contributed by atoms with Crippen molar-refractivity contribution in [1.82, 2.24) is 9.97 Å². The highest BCUT2D eigenvalue weighted by molar-refractivity contribution is 5.58. The van der Waals surface area contributed by atoms with E-state index in [4.69, 9.17) is 4.74 Å². The Morgan fingerprint density at radius 1 is 1.57 bits per heavy atom. The van der Waals surface area contributed by atoms with E-state index in [1.165, 1.54) is 6.20 Å². The zero-order valence-electron chi connectivity index (χ0n) is 12.4. The van der Waals surface area contributed by atoms with E-state index in [2.05, 4.69) is 20.6 Å². The number of ether oxygens (including phenoxy) is 1. The lowest BCUT2D eigenvalue weighted by Gasteiger charge is -2.34. The molecule has 0 aliphatic carbocycles. The summed E-state index contributed by atoms with van der Waals surface area (Å²) in [4.78, 5) is 18.9. The third-order valence-corrected chi connectivity index (χ3v) is 3.36. The Bertz CT molecular complexity index is 503. The summed E-state index contributed by atoms with van der Waals surface area (Å²) in [6.45, 7) is 5.96. The molecule has 1 aliphatic heterocycles. The van der Waals surface area contributed by atoms with Crippen LogP contribution in [0.15, 0.2) is 6.20 Å². The summed E-state index contributed by atoms with van der Waals surface area (Å²) in [5, 5.41) is 17.3. The molecule has 2 heterocycles. The monoisotopic (exact) mass is 295 g/mol. The molecule has 0 saturated carbocycles. The van der Waals surface area contributed by atoms with Gasteiger partial charge in [-0.2, -0.15) is 4.98 Å². The number of rotatable bonds is 6. The van der Waals surface area contributed by atoms with E-state index >= 15 is 0 Å². The summed E-state index contributed by atoms with van der Waals surface area (Å²) < 4.78 is 5.46. The molecule has 21 heavy (non-hydrogen) atoms. The van der Waals surface area contributed by atoms with Gasteiger partial charge in [-0.05, 0) is 26.2 Å². The van der Waals surface area contributed by atoms with Gasteiger partial charge in [0.25, 0.3) is 0 Å². The van der Waals surface area contributed by atoms with Gasteiger partial charge in [0.1, 0.15) is 6.20 Å². The first-order valence-electron chi connectivity index (χ1n) is 7.15. The Morgan fingerprint density at radius 3 is 3.00 bits per heavy atom. The predicted molar refractivity (Wildman–Crippen MR) is 79.5 cm³/mol. The lowest BCUT2D eigenvalue weighted by molar-refractivity contribution is -0.384. The van der Waals surface area contributed by atoms with E-state index in [1.807, 2.05) is 13.8 Å². The third kappa shape index (κ3) is 4.01. The van der Waals surface area contributed by atoms with E-state index in [9.17, 15) is 10.1 Å². The Morgan fingerprint density at radius 2 is 2.38 bits per heavy atom. The quantitative estimate of drug-likeness (QED) is 0.612. The van der Waals surface area contributed by atoms with Crippen molar-refractivity contribution in [2.24, 2.45) is 0 Å². The van der Waals surface area contributed by atoms with Crippen molar-refractivity contribution in [1.29, 1.82) is 0 Å². The molecule has 2 N–H and O–H groups in total. The second-order valence-electron chi connectivity index (χ2n) is 5.45. The van der Waals surface area contributed by atoms with E-state index in [-0.39, 0.29) is 17.0 Å². The van der Waals surface area contributed by atoms with Crippen molar-refractivity contribution in [3.05, 3.63) is 16.3 Å². The van der Waals surface area contributed by atoms with E-state index in [1.54, 1.807) is 0 Å². The van der Waals surface area contributed by atoms with Crippen LogP contribution in [0.2, 0.25) is 0 Å². The minimum absolute atomic E-state index is 0.121. The van der Waals surface area contributed by atoms with Crippen LogP contribution in [0.5, 0.6) is 0 Å². The molecule has 1 fully saturated rings. The second-order valence-corrected chi connectivity index (χ2v) is 5.45. The molecular formula is C13H21N5O3. The summed E-state index contributed by atoms with van der Waals surface area (Å²) >= 11 is 0. The van der Waals surface area contributed by atoms with Gasteiger partial charge in [0, 0.05) is 13.2 Å². The highest BCUT2D eigenvalue weighted by Crippen LogP contribution is 2.29. The van der Waals surface area contributed by atoms with Crippen LogP contribution in [0.1, 0.15) is 33.1 Å². The molecule has 0 spiro atoms. The SMILES string of the molecule is CCCNc1ncc([N+](=O)[O-])c(NC2(C)CCCOC2)n1. The molecule has 0 radical (unpaired) electrons. The number of anilines is 2. The van der Waals surface area contributed by atoms with Crippen molar-refractivity contribution < 1.29 is 9.66 Å². The molecule has 2 rings (SSSR count). The Labute approximate surface area is 123 Å². The first kappa shape index (κ1) is 15.4. The lowest BCUT2D eigenvalue weighted by Crippen LogP contribution is -2.43. The van der Waals surface area contributed by atoms with E-state index in [0.717, 1.165) is 32.4 Å². The van der Waals surface area contributed by atoms with Crippen LogP contribution in [-0.4, -0.2) is 40.2 Å². The molecule has 1 aromatic rings. The van der Waals surface area contributed by atoms with Crippen LogP contribution in [0.25, 0.3) is 0 Å². The van der Waals surface area contributed by atoms with Gasteiger partial charge in [-0.25, -0.2) is 4.98 Å². The number of nitrogens with zero attached hydrogens (tertiary/aromatic N) is 3. The smallest absolute Gasteiger partial charge is 0.329 e. The first-order valence-corrected chi connectivity index (χ1v) is 7.15. The minimum Gasteiger partial charge on any atom is -0.379 e. The van der Waals surface area contributed by atoms with Crippen molar-refractivity contribution in [3.8, 4) is 0 Å². The van der Waals surface area contributed by atoms with Gasteiger partial charge in [-0.1, -0.05) is 6.92 Å². The molecule has 116 valence electrons. The molecule has 1 saturated heterocycles. The van der Waals surface area contributed by atoms with Gasteiger partial charge in [0.15, 0.2) is 0 Å². The first-order chi connectivity index (χ1) is 10.0. The standard InChI is InChI=1S/C13H21N5O3/c1-3-6-14-12-15-8-10(18(19)20)11(16-12)17-13(2)5-4-7-21-9-13/h8H,3-7,9H2,1-2H3,(H2,14,15,16,17). The lowest BCUT2D eigenvalue weighted by atomic mass is 9.95. The molecular weight excluding hydrogens is 274 g/mol. The molecule has 1 aliphatic rings. The van der Waals surface area contributed by atoms with Crippen LogP contribution in [0, 0.1) is 10.1 Å². The van der Waals surface area contributed by atoms with Crippen molar-refractivity contribution in [3.63, 3.8) is 0 Å². The van der Waals surface area contributed by atoms with Gasteiger partial charge < -0.3 is 15.4 Å². The Kier molecular flexibility index (Phi) is 4.89. The molecule has 1 atom stereocenters. The maximum Gasteiger partial charge on any atom is 0.329 e. The fourth-order valence-electron chi connectivity index (χ4n) is 2.24. The second kappa shape index (κ2) is 6.66. The number of hydrogen-bond acceptors (Lipinski definition) is 7. The molecule has 0 bridgehead atoms. The van der Waals surface area contributed by atoms with Crippen molar-refractivity contribution >= 4 is 17.5 Å². The summed E-state index contributed by atoms with van der Waals surface area (Å²) in [5.74, 6) is 0.631.